The minimum absolute atomic E-state index is 0.0458. The summed E-state index contributed by atoms with van der Waals surface area (Å²) < 4.78 is 5.57. The maximum absolute atomic E-state index is 12.3. The number of hydrogen-bond donors (Lipinski definition) is 0. The number of nitrogens with zero attached hydrogens (tertiary/aromatic N) is 5. The minimum Gasteiger partial charge on any atom is -0.485 e. The number of rotatable bonds is 5. The average molecular weight is 315 g/mol. The summed E-state index contributed by atoms with van der Waals surface area (Å²) in [5.74, 6) is 1.83. The van der Waals surface area contributed by atoms with E-state index in [1.165, 1.54) is 11.2 Å². The molecule has 0 bridgehead atoms. The first kappa shape index (κ1) is 15.5. The third-order valence-electron chi connectivity index (χ3n) is 3.89. The normalized spacial score (nSPS) is 18.0. The summed E-state index contributed by atoms with van der Waals surface area (Å²) in [4.78, 5) is 15.5. The number of ether oxygens (including phenoxy) is 1. The smallest absolute Gasteiger partial charge is 0.246 e. The van der Waals surface area contributed by atoms with Gasteiger partial charge in [-0.25, -0.2) is 0 Å². The summed E-state index contributed by atoms with van der Waals surface area (Å²) in [5, 5.41) is 12.1. The molecule has 1 atom stereocenters. The summed E-state index contributed by atoms with van der Waals surface area (Å²) in [6.07, 6.45) is 2.25. The van der Waals surface area contributed by atoms with Crippen LogP contribution in [-0.4, -0.2) is 44.1 Å². The summed E-state index contributed by atoms with van der Waals surface area (Å²) >= 11 is 0. The number of likely N-dealkylation sites (tertiary alicyclic amines) is 1. The van der Waals surface area contributed by atoms with Gasteiger partial charge in [-0.05, 0) is 36.1 Å². The molecular weight excluding hydrogens is 294 g/mol. The van der Waals surface area contributed by atoms with E-state index in [4.69, 9.17) is 4.74 Å². The quantitative estimate of drug-likeness (QED) is 0.836. The number of amides is 1. The molecule has 1 unspecified atom stereocenters. The fourth-order valence-electron chi connectivity index (χ4n) is 2.70. The molecule has 1 fully saturated rings. The molecule has 0 saturated carbocycles. The van der Waals surface area contributed by atoms with E-state index in [2.05, 4.69) is 22.3 Å². The van der Waals surface area contributed by atoms with Crippen molar-refractivity contribution in [3.63, 3.8) is 0 Å². The second kappa shape index (κ2) is 7.21. The number of para-hydroxylation sites is 1. The van der Waals surface area contributed by atoms with Crippen LogP contribution < -0.4 is 4.74 Å². The standard InChI is InChI=1S/C16H21N5O2/c1-13-6-5-9-20(10-13)16(22)11-21-18-15(17-19-21)12-23-14-7-3-2-4-8-14/h2-4,7-8,13H,5-6,9-12H2,1H3. The lowest BCUT2D eigenvalue weighted by atomic mass is 10.0. The Morgan fingerprint density at radius 2 is 2.17 bits per heavy atom. The Morgan fingerprint density at radius 3 is 2.96 bits per heavy atom. The molecule has 23 heavy (non-hydrogen) atoms. The van der Waals surface area contributed by atoms with E-state index < -0.39 is 0 Å². The summed E-state index contributed by atoms with van der Waals surface area (Å²) in [6.45, 7) is 4.18. The molecule has 0 spiro atoms. The molecule has 0 radical (unpaired) electrons. The van der Waals surface area contributed by atoms with Crippen LogP contribution in [0.4, 0.5) is 0 Å². The van der Waals surface area contributed by atoms with Gasteiger partial charge in [-0.2, -0.15) is 4.80 Å². The van der Waals surface area contributed by atoms with E-state index >= 15 is 0 Å². The van der Waals surface area contributed by atoms with Crippen LogP contribution >= 0.6 is 0 Å². The first-order valence-electron chi connectivity index (χ1n) is 7.93. The average Bonchev–Trinajstić information content (AvgIpc) is 3.01. The molecule has 1 aromatic heterocycles. The van der Waals surface area contributed by atoms with Gasteiger partial charge in [-0.3, -0.25) is 4.79 Å². The first-order valence-corrected chi connectivity index (χ1v) is 7.93. The number of carbonyl (C=O) groups excluding carboxylic acids is 1. The van der Waals surface area contributed by atoms with Crippen molar-refractivity contribution in [2.75, 3.05) is 13.1 Å². The summed E-state index contributed by atoms with van der Waals surface area (Å²) in [7, 11) is 0. The van der Waals surface area contributed by atoms with Crippen molar-refractivity contribution in [3.05, 3.63) is 36.2 Å². The van der Waals surface area contributed by atoms with Crippen molar-refractivity contribution < 1.29 is 9.53 Å². The molecule has 0 N–H and O–H groups in total. The number of aromatic nitrogens is 4. The van der Waals surface area contributed by atoms with Crippen LogP contribution in [0, 0.1) is 5.92 Å². The van der Waals surface area contributed by atoms with Crippen LogP contribution in [0.2, 0.25) is 0 Å². The molecule has 1 amide bonds. The molecule has 1 aliphatic rings. The van der Waals surface area contributed by atoms with Gasteiger partial charge in [-0.1, -0.05) is 25.1 Å². The topological polar surface area (TPSA) is 73.1 Å². The lowest BCUT2D eigenvalue weighted by Gasteiger charge is -2.30. The van der Waals surface area contributed by atoms with Crippen molar-refractivity contribution in [2.45, 2.75) is 32.9 Å². The van der Waals surface area contributed by atoms with Crippen molar-refractivity contribution in [2.24, 2.45) is 5.92 Å². The maximum Gasteiger partial charge on any atom is 0.246 e. The highest BCUT2D eigenvalue weighted by Crippen LogP contribution is 2.15. The maximum atomic E-state index is 12.3. The highest BCUT2D eigenvalue weighted by molar-refractivity contribution is 5.75. The second-order valence-corrected chi connectivity index (χ2v) is 5.92. The van der Waals surface area contributed by atoms with Crippen LogP contribution in [0.1, 0.15) is 25.6 Å². The SMILES string of the molecule is CC1CCCN(C(=O)Cn2nnc(COc3ccccc3)n2)C1. The van der Waals surface area contributed by atoms with Crippen molar-refractivity contribution in [3.8, 4) is 5.75 Å². The van der Waals surface area contributed by atoms with Gasteiger partial charge in [0.1, 0.15) is 12.3 Å². The minimum atomic E-state index is 0.0458. The van der Waals surface area contributed by atoms with Gasteiger partial charge in [0, 0.05) is 13.1 Å². The molecule has 7 heteroatoms. The molecule has 7 nitrogen and oxygen atoms in total. The van der Waals surface area contributed by atoms with Crippen LogP contribution in [-0.2, 0) is 17.9 Å². The van der Waals surface area contributed by atoms with Gasteiger partial charge < -0.3 is 9.64 Å². The predicted octanol–water partition coefficient (Wildman–Crippen LogP) is 1.51. The Hall–Kier alpha value is -2.44. The molecule has 1 aromatic carbocycles. The number of benzene rings is 1. The first-order chi connectivity index (χ1) is 11.2. The fourth-order valence-corrected chi connectivity index (χ4v) is 2.70. The van der Waals surface area contributed by atoms with Crippen molar-refractivity contribution in [1.82, 2.24) is 25.1 Å². The molecule has 2 heterocycles. The van der Waals surface area contributed by atoms with Gasteiger partial charge in [0.2, 0.25) is 11.7 Å². The summed E-state index contributed by atoms with van der Waals surface area (Å²) in [5.41, 5.74) is 0. The third-order valence-corrected chi connectivity index (χ3v) is 3.89. The van der Waals surface area contributed by atoms with Gasteiger partial charge in [0.05, 0.1) is 0 Å². The Kier molecular flexibility index (Phi) is 4.85. The van der Waals surface area contributed by atoms with Gasteiger partial charge in [0.25, 0.3) is 0 Å². The lowest BCUT2D eigenvalue weighted by molar-refractivity contribution is -0.134. The molecule has 122 valence electrons. The van der Waals surface area contributed by atoms with Gasteiger partial charge in [0.15, 0.2) is 6.61 Å². The van der Waals surface area contributed by atoms with E-state index in [1.54, 1.807) is 0 Å². The van der Waals surface area contributed by atoms with Gasteiger partial charge >= 0.3 is 0 Å². The molecular formula is C16H21N5O2. The Morgan fingerprint density at radius 1 is 1.35 bits per heavy atom. The second-order valence-electron chi connectivity index (χ2n) is 5.92. The van der Waals surface area contributed by atoms with E-state index in [9.17, 15) is 4.79 Å². The Labute approximate surface area is 135 Å². The van der Waals surface area contributed by atoms with Crippen LogP contribution in [0.15, 0.2) is 30.3 Å². The third kappa shape index (κ3) is 4.28. The van der Waals surface area contributed by atoms with Crippen LogP contribution in [0.25, 0.3) is 0 Å². The fraction of sp³-hybridized carbons (Fsp3) is 0.500. The zero-order valence-electron chi connectivity index (χ0n) is 13.3. The number of tetrazole rings is 1. The Bertz CT molecular complexity index is 643. The van der Waals surface area contributed by atoms with Crippen LogP contribution in [0.3, 0.4) is 0 Å². The molecule has 1 saturated heterocycles. The number of carbonyl (C=O) groups is 1. The zero-order chi connectivity index (χ0) is 16.1. The zero-order valence-corrected chi connectivity index (χ0v) is 13.3. The van der Waals surface area contributed by atoms with Crippen molar-refractivity contribution >= 4 is 5.91 Å². The molecule has 1 aliphatic heterocycles. The summed E-state index contributed by atoms with van der Waals surface area (Å²) in [6, 6.07) is 9.46. The van der Waals surface area contributed by atoms with Crippen molar-refractivity contribution in [1.29, 1.82) is 0 Å². The number of hydrogen-bond acceptors (Lipinski definition) is 5. The highest BCUT2D eigenvalue weighted by atomic mass is 16.5. The van der Waals surface area contributed by atoms with E-state index in [-0.39, 0.29) is 19.1 Å². The molecule has 3 rings (SSSR count). The van der Waals surface area contributed by atoms with E-state index in [0.717, 1.165) is 25.3 Å². The number of piperidine rings is 1. The molecule has 0 aliphatic carbocycles. The Balaban J connectivity index is 1.51. The van der Waals surface area contributed by atoms with Crippen LogP contribution in [0.5, 0.6) is 5.75 Å². The monoisotopic (exact) mass is 315 g/mol. The van der Waals surface area contributed by atoms with E-state index in [1.807, 2.05) is 35.2 Å². The predicted molar refractivity (Wildman–Crippen MR) is 83.6 cm³/mol. The largest absolute Gasteiger partial charge is 0.485 e. The van der Waals surface area contributed by atoms with Gasteiger partial charge in [-0.15, -0.1) is 10.2 Å². The highest BCUT2D eigenvalue weighted by Gasteiger charge is 2.21. The van der Waals surface area contributed by atoms with E-state index in [0.29, 0.717) is 11.7 Å². The molecule has 2 aromatic rings. The lowest BCUT2D eigenvalue weighted by Crippen LogP contribution is -2.41.